The van der Waals surface area contributed by atoms with E-state index in [1.165, 1.54) is 11.6 Å². The van der Waals surface area contributed by atoms with Gasteiger partial charge in [0.15, 0.2) is 0 Å². The molecule has 0 radical (unpaired) electrons. The fourth-order valence-corrected chi connectivity index (χ4v) is 1.78. The molecule has 0 fully saturated rings. The number of furan rings is 1. The largest absolute Gasteiger partial charge is 0.475 e. The number of nitrogens with zero attached hydrogens (tertiary/aromatic N) is 1. The Balaban J connectivity index is 1.83. The van der Waals surface area contributed by atoms with Crippen LogP contribution in [-0.2, 0) is 6.42 Å². The Morgan fingerprint density at radius 2 is 2.11 bits per heavy atom. The summed E-state index contributed by atoms with van der Waals surface area (Å²) < 4.78 is 5.24. The average Bonchev–Trinajstić information content (AvgIpc) is 2.89. The molecule has 5 nitrogen and oxygen atoms in total. The van der Waals surface area contributed by atoms with Crippen molar-refractivity contribution in [3.05, 3.63) is 53.7 Å². The zero-order valence-electron chi connectivity index (χ0n) is 10.7. The summed E-state index contributed by atoms with van der Waals surface area (Å²) in [4.78, 5) is 14.7. The first kappa shape index (κ1) is 13.3. The lowest BCUT2D eigenvalue weighted by atomic mass is 10.2. The standard InChI is InChI=1S/C14H16N2O3/c1-10(12-2-3-13(19-12)14(17)18)16-9-6-11-4-7-15-8-5-11/h2-5,7-8,10,16H,6,9H2,1H3,(H,17,18). The number of aromatic nitrogens is 1. The van der Waals surface area contributed by atoms with Crippen LogP contribution in [0.1, 0.15) is 34.8 Å². The van der Waals surface area contributed by atoms with Gasteiger partial charge in [0.2, 0.25) is 5.76 Å². The number of nitrogens with one attached hydrogen (secondary N) is 1. The maximum Gasteiger partial charge on any atom is 0.371 e. The second kappa shape index (κ2) is 6.15. The predicted molar refractivity (Wildman–Crippen MR) is 70.0 cm³/mol. The number of rotatable bonds is 6. The molecule has 1 unspecified atom stereocenters. The zero-order chi connectivity index (χ0) is 13.7. The molecule has 0 aliphatic carbocycles. The molecule has 5 heteroatoms. The molecular weight excluding hydrogens is 244 g/mol. The second-order valence-electron chi connectivity index (χ2n) is 4.29. The van der Waals surface area contributed by atoms with Crippen LogP contribution in [0.2, 0.25) is 0 Å². The first-order valence-electron chi connectivity index (χ1n) is 6.12. The van der Waals surface area contributed by atoms with Crippen molar-refractivity contribution in [2.45, 2.75) is 19.4 Å². The smallest absolute Gasteiger partial charge is 0.371 e. The quantitative estimate of drug-likeness (QED) is 0.833. The van der Waals surface area contributed by atoms with E-state index in [-0.39, 0.29) is 11.8 Å². The number of hydrogen-bond acceptors (Lipinski definition) is 4. The molecule has 2 heterocycles. The van der Waals surface area contributed by atoms with Gasteiger partial charge in [-0.25, -0.2) is 4.79 Å². The Hall–Kier alpha value is -2.14. The van der Waals surface area contributed by atoms with Crippen molar-refractivity contribution in [3.63, 3.8) is 0 Å². The van der Waals surface area contributed by atoms with Gasteiger partial charge >= 0.3 is 5.97 Å². The molecule has 2 N–H and O–H groups in total. The molecule has 100 valence electrons. The lowest BCUT2D eigenvalue weighted by molar-refractivity contribution is 0.0659. The van der Waals surface area contributed by atoms with Crippen LogP contribution in [0.15, 0.2) is 41.1 Å². The van der Waals surface area contributed by atoms with Gasteiger partial charge in [0.1, 0.15) is 5.76 Å². The summed E-state index contributed by atoms with van der Waals surface area (Å²) in [6.07, 6.45) is 4.42. The van der Waals surface area contributed by atoms with Crippen LogP contribution in [0, 0.1) is 0 Å². The fourth-order valence-electron chi connectivity index (χ4n) is 1.78. The Morgan fingerprint density at radius 1 is 1.37 bits per heavy atom. The van der Waals surface area contributed by atoms with Crippen LogP contribution >= 0.6 is 0 Å². The molecule has 0 amide bonds. The molecule has 0 bridgehead atoms. The minimum atomic E-state index is -1.05. The maximum absolute atomic E-state index is 10.7. The predicted octanol–water partition coefficient (Wildman–Crippen LogP) is 2.27. The van der Waals surface area contributed by atoms with Crippen LogP contribution in [0.4, 0.5) is 0 Å². The molecule has 2 aromatic rings. The zero-order valence-corrected chi connectivity index (χ0v) is 10.7. The molecule has 0 aliphatic heterocycles. The van der Waals surface area contributed by atoms with Crippen molar-refractivity contribution in [3.8, 4) is 0 Å². The highest BCUT2D eigenvalue weighted by molar-refractivity contribution is 5.84. The highest BCUT2D eigenvalue weighted by Crippen LogP contribution is 2.16. The SMILES string of the molecule is CC(NCCc1ccncc1)c1ccc(C(=O)O)o1. The molecule has 0 saturated carbocycles. The van der Waals surface area contributed by atoms with Crippen LogP contribution in [0.3, 0.4) is 0 Å². The van der Waals surface area contributed by atoms with Gasteiger partial charge in [0, 0.05) is 12.4 Å². The van der Waals surface area contributed by atoms with Gasteiger partial charge in [-0.2, -0.15) is 0 Å². The van der Waals surface area contributed by atoms with E-state index in [2.05, 4.69) is 10.3 Å². The van der Waals surface area contributed by atoms with Gasteiger partial charge in [-0.1, -0.05) is 0 Å². The van der Waals surface area contributed by atoms with E-state index in [9.17, 15) is 4.79 Å². The number of carboxylic acid groups (broad SMARTS) is 1. The summed E-state index contributed by atoms with van der Waals surface area (Å²) in [5.41, 5.74) is 1.21. The van der Waals surface area contributed by atoms with Crippen LogP contribution in [-0.4, -0.2) is 22.6 Å². The Kier molecular flexibility index (Phi) is 4.30. The molecule has 0 spiro atoms. The Morgan fingerprint density at radius 3 is 2.74 bits per heavy atom. The van der Waals surface area contributed by atoms with Crippen molar-refractivity contribution < 1.29 is 14.3 Å². The first-order chi connectivity index (χ1) is 9.16. The lowest BCUT2D eigenvalue weighted by Crippen LogP contribution is -2.21. The minimum Gasteiger partial charge on any atom is -0.475 e. The van der Waals surface area contributed by atoms with Crippen LogP contribution in [0.5, 0.6) is 0 Å². The second-order valence-corrected chi connectivity index (χ2v) is 4.29. The number of pyridine rings is 1. The summed E-state index contributed by atoms with van der Waals surface area (Å²) in [5, 5.41) is 12.1. The van der Waals surface area contributed by atoms with Crippen LogP contribution < -0.4 is 5.32 Å². The molecule has 0 aromatic carbocycles. The highest BCUT2D eigenvalue weighted by Gasteiger charge is 2.13. The van der Waals surface area contributed by atoms with Gasteiger partial charge in [-0.05, 0) is 49.7 Å². The molecule has 2 rings (SSSR count). The van der Waals surface area contributed by atoms with Crippen LogP contribution in [0.25, 0.3) is 0 Å². The van der Waals surface area contributed by atoms with E-state index in [1.807, 2.05) is 19.1 Å². The number of carboxylic acids is 1. The first-order valence-corrected chi connectivity index (χ1v) is 6.12. The van der Waals surface area contributed by atoms with Gasteiger partial charge in [-0.3, -0.25) is 4.98 Å². The molecule has 0 saturated heterocycles. The van der Waals surface area contributed by atoms with E-state index < -0.39 is 5.97 Å². The van der Waals surface area contributed by atoms with Gasteiger partial charge < -0.3 is 14.8 Å². The van der Waals surface area contributed by atoms with Gasteiger partial charge in [0.05, 0.1) is 6.04 Å². The fraction of sp³-hybridized carbons (Fsp3) is 0.286. The third kappa shape index (κ3) is 3.66. The summed E-state index contributed by atoms with van der Waals surface area (Å²) in [6.45, 7) is 2.73. The molecule has 19 heavy (non-hydrogen) atoms. The molecule has 1 atom stereocenters. The summed E-state index contributed by atoms with van der Waals surface area (Å²) in [5.74, 6) is -0.444. The molecular formula is C14H16N2O3. The monoisotopic (exact) mass is 260 g/mol. The summed E-state index contributed by atoms with van der Waals surface area (Å²) in [7, 11) is 0. The van der Waals surface area contributed by atoms with Crippen molar-refractivity contribution in [2.24, 2.45) is 0 Å². The van der Waals surface area contributed by atoms with E-state index in [1.54, 1.807) is 18.5 Å². The van der Waals surface area contributed by atoms with E-state index in [0.29, 0.717) is 5.76 Å². The third-order valence-electron chi connectivity index (χ3n) is 2.88. The topological polar surface area (TPSA) is 75.4 Å². The van der Waals surface area contributed by atoms with Crippen molar-refractivity contribution in [1.29, 1.82) is 0 Å². The van der Waals surface area contributed by atoms with Gasteiger partial charge in [-0.15, -0.1) is 0 Å². The normalized spacial score (nSPS) is 12.3. The maximum atomic E-state index is 10.7. The van der Waals surface area contributed by atoms with Crippen molar-refractivity contribution in [2.75, 3.05) is 6.54 Å². The third-order valence-corrected chi connectivity index (χ3v) is 2.88. The van der Waals surface area contributed by atoms with E-state index in [0.717, 1.165) is 13.0 Å². The van der Waals surface area contributed by atoms with Crippen molar-refractivity contribution >= 4 is 5.97 Å². The van der Waals surface area contributed by atoms with E-state index >= 15 is 0 Å². The minimum absolute atomic E-state index is 0.0186. The summed E-state index contributed by atoms with van der Waals surface area (Å²) in [6, 6.07) is 7.09. The van der Waals surface area contributed by atoms with Crippen molar-refractivity contribution in [1.82, 2.24) is 10.3 Å². The number of carbonyl (C=O) groups is 1. The van der Waals surface area contributed by atoms with Gasteiger partial charge in [0.25, 0.3) is 0 Å². The highest BCUT2D eigenvalue weighted by atomic mass is 16.4. The Labute approximate surface area is 111 Å². The number of hydrogen-bond donors (Lipinski definition) is 2. The number of aromatic carboxylic acids is 1. The molecule has 0 aliphatic rings. The van der Waals surface area contributed by atoms with E-state index in [4.69, 9.17) is 9.52 Å². The Bertz CT molecular complexity index is 537. The molecule has 2 aromatic heterocycles. The summed E-state index contributed by atoms with van der Waals surface area (Å²) >= 11 is 0. The lowest BCUT2D eigenvalue weighted by Gasteiger charge is -2.11. The average molecular weight is 260 g/mol.